The molecule has 2 aliphatic carbocycles. The topological polar surface area (TPSA) is 49.3 Å². The minimum absolute atomic E-state index is 0.423. The molecule has 0 heterocycles. The highest BCUT2D eigenvalue weighted by Gasteiger charge is 2.25. The Bertz CT molecular complexity index is 522. The van der Waals surface area contributed by atoms with E-state index in [0.29, 0.717) is 17.5 Å². The van der Waals surface area contributed by atoms with E-state index >= 15 is 0 Å². The van der Waals surface area contributed by atoms with Gasteiger partial charge in [-0.05, 0) is 67.7 Å². The number of fused-ring (bicyclic) bond motifs is 1. The molecular weight excluding hydrogens is 262 g/mol. The molecule has 114 valence electrons. The Hall–Kier alpha value is -1.35. The summed E-state index contributed by atoms with van der Waals surface area (Å²) in [7, 11) is 0. The number of nitrogens with one attached hydrogen (secondary N) is 1. The Balaban J connectivity index is 1.66. The number of benzene rings is 1. The zero-order chi connectivity index (χ0) is 14.8. The van der Waals surface area contributed by atoms with Gasteiger partial charge < -0.3 is 10.4 Å². The zero-order valence-electron chi connectivity index (χ0n) is 12.8. The van der Waals surface area contributed by atoms with Crippen molar-refractivity contribution >= 4 is 5.97 Å². The fourth-order valence-electron chi connectivity index (χ4n) is 3.52. The number of hydrogen-bond acceptors (Lipinski definition) is 2. The molecule has 1 saturated carbocycles. The van der Waals surface area contributed by atoms with Crippen LogP contribution in [0, 0.1) is 5.92 Å². The SMILES string of the molecule is CC(CC1CC1)NCC1CCCc2ccc(C(=O)O)cc21. The van der Waals surface area contributed by atoms with Crippen LogP contribution in [0.2, 0.25) is 0 Å². The van der Waals surface area contributed by atoms with Gasteiger partial charge in [-0.1, -0.05) is 18.9 Å². The van der Waals surface area contributed by atoms with Crippen LogP contribution >= 0.6 is 0 Å². The van der Waals surface area contributed by atoms with E-state index in [4.69, 9.17) is 0 Å². The lowest BCUT2D eigenvalue weighted by Gasteiger charge is -2.27. The highest BCUT2D eigenvalue weighted by molar-refractivity contribution is 5.88. The van der Waals surface area contributed by atoms with Crippen LogP contribution in [-0.2, 0) is 6.42 Å². The molecule has 1 fully saturated rings. The van der Waals surface area contributed by atoms with Gasteiger partial charge in [-0.25, -0.2) is 4.79 Å². The molecule has 0 bridgehead atoms. The van der Waals surface area contributed by atoms with Gasteiger partial charge in [-0.15, -0.1) is 0 Å². The molecule has 0 amide bonds. The van der Waals surface area contributed by atoms with Gasteiger partial charge >= 0.3 is 5.97 Å². The van der Waals surface area contributed by atoms with Crippen molar-refractivity contribution in [3.8, 4) is 0 Å². The van der Waals surface area contributed by atoms with Crippen LogP contribution in [0.25, 0.3) is 0 Å². The molecule has 1 aromatic carbocycles. The largest absolute Gasteiger partial charge is 0.478 e. The second-order valence-electron chi connectivity index (χ2n) is 6.80. The van der Waals surface area contributed by atoms with E-state index in [9.17, 15) is 9.90 Å². The molecule has 2 atom stereocenters. The summed E-state index contributed by atoms with van der Waals surface area (Å²) >= 11 is 0. The Morgan fingerprint density at radius 1 is 1.38 bits per heavy atom. The van der Waals surface area contributed by atoms with Gasteiger partial charge in [0, 0.05) is 12.6 Å². The van der Waals surface area contributed by atoms with Gasteiger partial charge in [-0.2, -0.15) is 0 Å². The van der Waals surface area contributed by atoms with Crippen molar-refractivity contribution in [1.29, 1.82) is 0 Å². The normalized spacial score (nSPS) is 22.6. The van der Waals surface area contributed by atoms with Gasteiger partial charge in [0.1, 0.15) is 0 Å². The van der Waals surface area contributed by atoms with Gasteiger partial charge in [-0.3, -0.25) is 0 Å². The fraction of sp³-hybridized carbons (Fsp3) is 0.611. The summed E-state index contributed by atoms with van der Waals surface area (Å²) in [5.74, 6) is 0.594. The summed E-state index contributed by atoms with van der Waals surface area (Å²) < 4.78 is 0. The third-order valence-electron chi connectivity index (χ3n) is 4.93. The van der Waals surface area contributed by atoms with Crippen molar-refractivity contribution < 1.29 is 9.90 Å². The number of carbonyl (C=O) groups is 1. The molecule has 2 N–H and O–H groups in total. The average Bonchev–Trinajstić information content (AvgIpc) is 3.28. The first-order valence-electron chi connectivity index (χ1n) is 8.23. The minimum atomic E-state index is -0.822. The predicted molar refractivity (Wildman–Crippen MR) is 83.9 cm³/mol. The van der Waals surface area contributed by atoms with Crippen LogP contribution in [0.4, 0.5) is 0 Å². The van der Waals surface area contributed by atoms with Gasteiger partial charge in [0.15, 0.2) is 0 Å². The molecule has 0 spiro atoms. The molecule has 0 aromatic heterocycles. The lowest BCUT2D eigenvalue weighted by molar-refractivity contribution is 0.0696. The van der Waals surface area contributed by atoms with Crippen LogP contribution < -0.4 is 5.32 Å². The predicted octanol–water partition coefficient (Wildman–Crippen LogP) is 3.58. The zero-order valence-corrected chi connectivity index (χ0v) is 12.8. The first-order valence-corrected chi connectivity index (χ1v) is 8.23. The summed E-state index contributed by atoms with van der Waals surface area (Å²) in [5, 5.41) is 12.8. The van der Waals surface area contributed by atoms with Gasteiger partial charge in [0.2, 0.25) is 0 Å². The lowest BCUT2D eigenvalue weighted by Crippen LogP contribution is -2.32. The van der Waals surface area contributed by atoms with Crippen LogP contribution in [0.5, 0.6) is 0 Å². The molecule has 0 aliphatic heterocycles. The molecule has 2 aliphatic rings. The standard InChI is InChI=1S/C18H25NO2/c1-12(9-13-5-6-13)19-11-16-4-2-3-14-7-8-15(18(20)21)10-17(14)16/h7-8,10,12-13,16,19H,2-6,9,11H2,1H3,(H,20,21). The Kier molecular flexibility index (Phi) is 4.29. The maximum absolute atomic E-state index is 11.2. The van der Waals surface area contributed by atoms with Crippen LogP contribution in [0.3, 0.4) is 0 Å². The van der Waals surface area contributed by atoms with Crippen LogP contribution in [-0.4, -0.2) is 23.7 Å². The van der Waals surface area contributed by atoms with E-state index < -0.39 is 5.97 Å². The maximum Gasteiger partial charge on any atom is 0.335 e. The number of carboxylic acid groups (broad SMARTS) is 1. The van der Waals surface area contributed by atoms with Crippen molar-refractivity contribution in [1.82, 2.24) is 5.32 Å². The van der Waals surface area contributed by atoms with E-state index in [1.54, 1.807) is 6.07 Å². The Morgan fingerprint density at radius 2 is 2.19 bits per heavy atom. The van der Waals surface area contributed by atoms with Crippen molar-refractivity contribution in [2.75, 3.05) is 6.54 Å². The highest BCUT2D eigenvalue weighted by Crippen LogP contribution is 2.34. The van der Waals surface area contributed by atoms with E-state index in [1.165, 1.54) is 43.2 Å². The first-order chi connectivity index (χ1) is 10.1. The molecule has 21 heavy (non-hydrogen) atoms. The molecule has 3 heteroatoms. The summed E-state index contributed by atoms with van der Waals surface area (Å²) in [6.07, 6.45) is 7.56. The van der Waals surface area contributed by atoms with E-state index in [-0.39, 0.29) is 0 Å². The third-order valence-corrected chi connectivity index (χ3v) is 4.93. The summed E-state index contributed by atoms with van der Waals surface area (Å²) in [6, 6.07) is 6.23. The number of aryl methyl sites for hydroxylation is 1. The van der Waals surface area contributed by atoms with Crippen LogP contribution in [0.1, 0.15) is 66.4 Å². The quantitative estimate of drug-likeness (QED) is 0.840. The number of hydrogen-bond donors (Lipinski definition) is 2. The summed E-state index contributed by atoms with van der Waals surface area (Å²) in [5.41, 5.74) is 3.02. The third kappa shape index (κ3) is 3.65. The van der Waals surface area contributed by atoms with Crippen molar-refractivity contribution in [3.63, 3.8) is 0 Å². The van der Waals surface area contributed by atoms with Gasteiger partial charge in [0.25, 0.3) is 0 Å². The molecule has 0 radical (unpaired) electrons. The maximum atomic E-state index is 11.2. The molecular formula is C18H25NO2. The van der Waals surface area contributed by atoms with Crippen molar-refractivity contribution in [2.45, 2.75) is 57.4 Å². The Morgan fingerprint density at radius 3 is 2.90 bits per heavy atom. The average molecular weight is 287 g/mol. The Labute approximate surface area is 126 Å². The minimum Gasteiger partial charge on any atom is -0.478 e. The molecule has 3 nitrogen and oxygen atoms in total. The van der Waals surface area contributed by atoms with E-state index in [1.807, 2.05) is 12.1 Å². The number of carboxylic acids is 1. The smallest absolute Gasteiger partial charge is 0.335 e. The second kappa shape index (κ2) is 6.18. The monoisotopic (exact) mass is 287 g/mol. The second-order valence-corrected chi connectivity index (χ2v) is 6.80. The molecule has 0 saturated heterocycles. The molecule has 3 rings (SSSR count). The van der Waals surface area contributed by atoms with Gasteiger partial charge in [0.05, 0.1) is 5.56 Å². The summed E-state index contributed by atoms with van der Waals surface area (Å²) in [6.45, 7) is 3.25. The first kappa shape index (κ1) is 14.6. The fourth-order valence-corrected chi connectivity index (χ4v) is 3.52. The molecule has 1 aromatic rings. The van der Waals surface area contributed by atoms with Crippen molar-refractivity contribution in [3.05, 3.63) is 34.9 Å². The van der Waals surface area contributed by atoms with Crippen LogP contribution in [0.15, 0.2) is 18.2 Å². The van der Waals surface area contributed by atoms with Crippen molar-refractivity contribution in [2.24, 2.45) is 5.92 Å². The summed E-state index contributed by atoms with van der Waals surface area (Å²) in [4.78, 5) is 11.2. The lowest BCUT2D eigenvalue weighted by atomic mass is 9.82. The van der Waals surface area contributed by atoms with E-state index in [2.05, 4.69) is 12.2 Å². The van der Waals surface area contributed by atoms with E-state index in [0.717, 1.165) is 18.9 Å². The number of aromatic carboxylic acids is 1. The molecule has 2 unspecified atom stereocenters. The highest BCUT2D eigenvalue weighted by atomic mass is 16.4. The number of rotatable bonds is 6.